The minimum atomic E-state index is -0.924. The van der Waals surface area contributed by atoms with Gasteiger partial charge in [0.1, 0.15) is 0 Å². The van der Waals surface area contributed by atoms with Gasteiger partial charge in [-0.1, -0.05) is 12.2 Å². The Labute approximate surface area is 113 Å². The third kappa shape index (κ3) is 3.82. The Kier molecular flexibility index (Phi) is 5.56. The van der Waals surface area contributed by atoms with Crippen LogP contribution >= 0.6 is 0 Å². The molecule has 3 atom stereocenters. The summed E-state index contributed by atoms with van der Waals surface area (Å²) < 4.78 is 0. The second-order valence-electron chi connectivity index (χ2n) is 4.90. The Bertz CT molecular complexity index is 411. The highest BCUT2D eigenvalue weighted by molar-refractivity contribution is 5.85. The summed E-state index contributed by atoms with van der Waals surface area (Å²) in [6.07, 6.45) is 4.55. The van der Waals surface area contributed by atoms with Crippen molar-refractivity contribution in [1.29, 1.82) is 5.26 Å². The van der Waals surface area contributed by atoms with Crippen molar-refractivity contribution in [1.82, 2.24) is 4.90 Å². The minimum Gasteiger partial charge on any atom is -0.481 e. The first-order valence-electron chi connectivity index (χ1n) is 6.57. The number of carboxylic acid groups (broad SMARTS) is 1. The normalized spacial score (nSPS) is 23.4. The van der Waals surface area contributed by atoms with E-state index in [4.69, 9.17) is 5.26 Å². The van der Waals surface area contributed by atoms with E-state index in [9.17, 15) is 14.7 Å². The topological polar surface area (TPSA) is 81.4 Å². The Hall–Kier alpha value is -1.83. The monoisotopic (exact) mass is 264 g/mol. The molecule has 0 aromatic heterocycles. The fraction of sp³-hybridized carbons (Fsp3) is 0.643. The summed E-state index contributed by atoms with van der Waals surface area (Å²) in [6.45, 7) is 4.46. The Morgan fingerprint density at radius 2 is 2.00 bits per heavy atom. The van der Waals surface area contributed by atoms with Crippen LogP contribution in [0, 0.1) is 29.1 Å². The average molecular weight is 264 g/mol. The predicted octanol–water partition coefficient (Wildman–Crippen LogP) is 1.66. The molecule has 0 radical (unpaired) electrons. The molecule has 1 rings (SSSR count). The number of nitrogens with zero attached hydrogens (tertiary/aromatic N) is 2. The average Bonchev–Trinajstić information content (AvgIpc) is 2.43. The molecule has 3 unspecified atom stereocenters. The number of carbonyl (C=O) groups is 2. The number of carbonyl (C=O) groups excluding carboxylic acids is 1. The number of hydrogen-bond donors (Lipinski definition) is 1. The number of rotatable bonds is 5. The van der Waals surface area contributed by atoms with Crippen molar-refractivity contribution in [2.75, 3.05) is 13.1 Å². The van der Waals surface area contributed by atoms with Gasteiger partial charge in [0.25, 0.3) is 0 Å². The lowest BCUT2D eigenvalue weighted by Crippen LogP contribution is -2.43. The standard InChI is InChI=1S/C14H20N2O3/c1-3-16(9-10(2)8-15)13(17)11-6-4-5-7-12(11)14(18)19/h4-5,10-12H,3,6-7,9H2,1-2H3,(H,18,19). The zero-order valence-electron chi connectivity index (χ0n) is 11.4. The molecule has 1 aliphatic carbocycles. The predicted molar refractivity (Wildman–Crippen MR) is 70.0 cm³/mol. The van der Waals surface area contributed by atoms with Gasteiger partial charge in [0.05, 0.1) is 23.8 Å². The van der Waals surface area contributed by atoms with Crippen LogP contribution in [0.25, 0.3) is 0 Å². The summed E-state index contributed by atoms with van der Waals surface area (Å²) in [6, 6.07) is 2.10. The van der Waals surface area contributed by atoms with Gasteiger partial charge in [-0.25, -0.2) is 0 Å². The van der Waals surface area contributed by atoms with Gasteiger partial charge in [0, 0.05) is 13.1 Å². The van der Waals surface area contributed by atoms with Gasteiger partial charge in [0.15, 0.2) is 0 Å². The fourth-order valence-corrected chi connectivity index (χ4v) is 2.34. The summed E-state index contributed by atoms with van der Waals surface area (Å²) in [5.74, 6) is -2.47. The number of nitriles is 1. The molecule has 0 saturated heterocycles. The van der Waals surface area contributed by atoms with Gasteiger partial charge in [0.2, 0.25) is 5.91 Å². The molecule has 104 valence electrons. The van der Waals surface area contributed by atoms with E-state index in [1.807, 2.05) is 19.1 Å². The molecular formula is C14H20N2O3. The molecule has 0 saturated carbocycles. The van der Waals surface area contributed by atoms with E-state index < -0.39 is 17.8 Å². The van der Waals surface area contributed by atoms with Gasteiger partial charge in [-0.15, -0.1) is 0 Å². The van der Waals surface area contributed by atoms with E-state index in [2.05, 4.69) is 6.07 Å². The van der Waals surface area contributed by atoms with E-state index >= 15 is 0 Å². The van der Waals surface area contributed by atoms with Crippen molar-refractivity contribution in [3.63, 3.8) is 0 Å². The third-order valence-electron chi connectivity index (χ3n) is 3.47. The molecule has 0 aromatic rings. The first kappa shape index (κ1) is 15.2. The molecular weight excluding hydrogens is 244 g/mol. The second kappa shape index (κ2) is 6.93. The summed E-state index contributed by atoms with van der Waals surface area (Å²) in [5, 5.41) is 18.0. The van der Waals surface area contributed by atoms with Crippen LogP contribution < -0.4 is 0 Å². The van der Waals surface area contributed by atoms with Crippen LogP contribution in [0.3, 0.4) is 0 Å². The number of allylic oxidation sites excluding steroid dienone is 2. The highest BCUT2D eigenvalue weighted by Crippen LogP contribution is 2.27. The number of hydrogen-bond acceptors (Lipinski definition) is 3. The third-order valence-corrected chi connectivity index (χ3v) is 3.47. The van der Waals surface area contributed by atoms with Crippen LogP contribution in [0.5, 0.6) is 0 Å². The van der Waals surface area contributed by atoms with Crippen LogP contribution in [0.15, 0.2) is 12.2 Å². The van der Waals surface area contributed by atoms with Crippen LogP contribution in [0.4, 0.5) is 0 Å². The maximum absolute atomic E-state index is 12.4. The van der Waals surface area contributed by atoms with E-state index in [1.165, 1.54) is 0 Å². The molecule has 0 bridgehead atoms. The molecule has 0 spiro atoms. The van der Waals surface area contributed by atoms with Gasteiger partial charge in [-0.3, -0.25) is 9.59 Å². The minimum absolute atomic E-state index is 0.152. The quantitative estimate of drug-likeness (QED) is 0.766. The molecule has 5 heteroatoms. The zero-order chi connectivity index (χ0) is 14.4. The van der Waals surface area contributed by atoms with Crippen LogP contribution in [-0.4, -0.2) is 35.0 Å². The van der Waals surface area contributed by atoms with E-state index in [0.717, 1.165) is 0 Å². The van der Waals surface area contributed by atoms with Gasteiger partial charge in [-0.2, -0.15) is 5.26 Å². The van der Waals surface area contributed by atoms with Crippen molar-refractivity contribution in [3.8, 4) is 6.07 Å². The fourth-order valence-electron chi connectivity index (χ4n) is 2.34. The number of carboxylic acids is 1. The molecule has 5 nitrogen and oxygen atoms in total. The molecule has 1 amide bonds. The van der Waals surface area contributed by atoms with Crippen LogP contribution in [0.1, 0.15) is 26.7 Å². The van der Waals surface area contributed by atoms with Gasteiger partial charge < -0.3 is 10.0 Å². The maximum atomic E-state index is 12.4. The summed E-state index contributed by atoms with van der Waals surface area (Å²) >= 11 is 0. The smallest absolute Gasteiger partial charge is 0.307 e. The lowest BCUT2D eigenvalue weighted by atomic mass is 9.82. The van der Waals surface area contributed by atoms with Crippen molar-refractivity contribution >= 4 is 11.9 Å². The molecule has 1 N–H and O–H groups in total. The summed E-state index contributed by atoms with van der Waals surface area (Å²) in [4.78, 5) is 25.2. The Morgan fingerprint density at radius 1 is 1.42 bits per heavy atom. The highest BCUT2D eigenvalue weighted by atomic mass is 16.4. The molecule has 0 aliphatic heterocycles. The second-order valence-corrected chi connectivity index (χ2v) is 4.90. The lowest BCUT2D eigenvalue weighted by Gasteiger charge is -2.30. The molecule has 0 aromatic carbocycles. The first-order chi connectivity index (χ1) is 9.01. The Balaban J connectivity index is 2.81. The van der Waals surface area contributed by atoms with Crippen LogP contribution in [0.2, 0.25) is 0 Å². The highest BCUT2D eigenvalue weighted by Gasteiger charge is 2.36. The van der Waals surface area contributed by atoms with Gasteiger partial charge in [-0.05, 0) is 26.7 Å². The Morgan fingerprint density at radius 3 is 2.47 bits per heavy atom. The van der Waals surface area contributed by atoms with Crippen LogP contribution in [-0.2, 0) is 9.59 Å². The summed E-state index contributed by atoms with van der Waals surface area (Å²) in [7, 11) is 0. The van der Waals surface area contributed by atoms with Gasteiger partial charge >= 0.3 is 5.97 Å². The largest absolute Gasteiger partial charge is 0.481 e. The number of amides is 1. The van der Waals surface area contributed by atoms with E-state index in [-0.39, 0.29) is 11.8 Å². The molecule has 19 heavy (non-hydrogen) atoms. The van der Waals surface area contributed by atoms with Crippen molar-refractivity contribution in [3.05, 3.63) is 12.2 Å². The van der Waals surface area contributed by atoms with Crippen molar-refractivity contribution in [2.45, 2.75) is 26.7 Å². The molecule has 1 aliphatic rings. The van der Waals surface area contributed by atoms with Crippen molar-refractivity contribution < 1.29 is 14.7 Å². The maximum Gasteiger partial charge on any atom is 0.307 e. The SMILES string of the molecule is CCN(CC(C)C#N)C(=O)C1CC=CCC1C(=O)O. The molecule has 0 heterocycles. The lowest BCUT2D eigenvalue weighted by molar-refractivity contribution is -0.150. The summed E-state index contributed by atoms with van der Waals surface area (Å²) in [5.41, 5.74) is 0. The van der Waals surface area contributed by atoms with E-state index in [0.29, 0.717) is 25.9 Å². The zero-order valence-corrected chi connectivity index (χ0v) is 11.4. The van der Waals surface area contributed by atoms with Crippen molar-refractivity contribution in [2.24, 2.45) is 17.8 Å². The van der Waals surface area contributed by atoms with E-state index in [1.54, 1.807) is 11.8 Å². The first-order valence-corrected chi connectivity index (χ1v) is 6.57. The number of aliphatic carboxylic acids is 1. The molecule has 0 fully saturated rings.